The van der Waals surface area contributed by atoms with Gasteiger partial charge in [-0.3, -0.25) is 4.79 Å². The van der Waals surface area contributed by atoms with Gasteiger partial charge in [0.1, 0.15) is 23.2 Å². The van der Waals surface area contributed by atoms with Crippen LogP contribution in [-0.2, 0) is 11.2 Å². The zero-order chi connectivity index (χ0) is 16.4. The summed E-state index contributed by atoms with van der Waals surface area (Å²) >= 11 is 0. The van der Waals surface area contributed by atoms with Crippen molar-refractivity contribution < 1.29 is 13.6 Å². The summed E-state index contributed by atoms with van der Waals surface area (Å²) in [5, 5.41) is 0. The first-order valence-corrected chi connectivity index (χ1v) is 7.12. The molecule has 0 aliphatic heterocycles. The van der Waals surface area contributed by atoms with Gasteiger partial charge in [0.15, 0.2) is 0 Å². The Labute approximate surface area is 132 Å². The number of Topliss-reactive ketones (excluding diaryl/α,β-unsaturated/α-hetero) is 1. The number of carbonyl (C=O) groups is 1. The fourth-order valence-corrected chi connectivity index (χ4v) is 2.35. The summed E-state index contributed by atoms with van der Waals surface area (Å²) in [7, 11) is 0. The summed E-state index contributed by atoms with van der Waals surface area (Å²) in [6.45, 7) is 1.49. The summed E-state index contributed by atoms with van der Waals surface area (Å²) in [4.78, 5) is 16.0. The van der Waals surface area contributed by atoms with Crippen LogP contribution in [-0.4, -0.2) is 15.3 Å². The van der Waals surface area contributed by atoms with E-state index in [0.29, 0.717) is 17.2 Å². The zero-order valence-electron chi connectivity index (χ0n) is 12.5. The topological polar surface area (TPSA) is 34.9 Å². The number of carbonyl (C=O) groups excluding carboxylic acids is 1. The summed E-state index contributed by atoms with van der Waals surface area (Å²) in [5.41, 5.74) is 2.09. The molecule has 5 heteroatoms. The van der Waals surface area contributed by atoms with Crippen LogP contribution in [0, 0.1) is 11.6 Å². The number of halogens is 2. The molecular formula is C18H14F2N2O. The standard InChI is InChI=1S/C18H14F2N2O/c1-12(23)10-18-21-17(13-2-4-14(19)5-3-13)11-22(18)16-8-6-15(20)7-9-16/h2-9,11H,10H2,1H3. The van der Waals surface area contributed by atoms with Crippen molar-refractivity contribution in [1.82, 2.24) is 9.55 Å². The van der Waals surface area contributed by atoms with Gasteiger partial charge < -0.3 is 4.57 Å². The highest BCUT2D eigenvalue weighted by atomic mass is 19.1. The predicted molar refractivity (Wildman–Crippen MR) is 83.3 cm³/mol. The summed E-state index contributed by atoms with van der Waals surface area (Å²) in [6.07, 6.45) is 1.93. The van der Waals surface area contributed by atoms with Crippen molar-refractivity contribution in [1.29, 1.82) is 0 Å². The van der Waals surface area contributed by atoms with Crippen LogP contribution in [0.25, 0.3) is 16.9 Å². The lowest BCUT2D eigenvalue weighted by atomic mass is 10.2. The van der Waals surface area contributed by atoms with Crippen molar-refractivity contribution in [2.45, 2.75) is 13.3 Å². The Morgan fingerprint density at radius 3 is 2.13 bits per heavy atom. The van der Waals surface area contributed by atoms with E-state index in [1.807, 2.05) is 0 Å². The normalized spacial score (nSPS) is 10.7. The van der Waals surface area contributed by atoms with Gasteiger partial charge in [0.2, 0.25) is 0 Å². The summed E-state index contributed by atoms with van der Waals surface area (Å²) in [5.74, 6) is -0.121. The molecule has 0 aliphatic carbocycles. The molecule has 116 valence electrons. The minimum absolute atomic E-state index is 0.0235. The van der Waals surface area contributed by atoms with Crippen LogP contribution < -0.4 is 0 Å². The summed E-state index contributed by atoms with van der Waals surface area (Å²) < 4.78 is 27.9. The van der Waals surface area contributed by atoms with E-state index in [4.69, 9.17) is 0 Å². The van der Waals surface area contributed by atoms with E-state index in [0.717, 1.165) is 5.56 Å². The summed E-state index contributed by atoms with van der Waals surface area (Å²) in [6, 6.07) is 11.9. The number of rotatable bonds is 4. The second kappa shape index (κ2) is 6.12. The zero-order valence-corrected chi connectivity index (χ0v) is 12.5. The van der Waals surface area contributed by atoms with Gasteiger partial charge in [-0.15, -0.1) is 0 Å². The lowest BCUT2D eigenvalue weighted by Crippen LogP contribution is -2.05. The third-order valence-corrected chi connectivity index (χ3v) is 3.43. The van der Waals surface area contributed by atoms with Crippen molar-refractivity contribution in [3.8, 4) is 16.9 Å². The minimum Gasteiger partial charge on any atom is -0.303 e. The number of hydrogen-bond donors (Lipinski definition) is 0. The molecule has 0 radical (unpaired) electrons. The van der Waals surface area contributed by atoms with Crippen LogP contribution in [0.5, 0.6) is 0 Å². The molecule has 0 fully saturated rings. The largest absolute Gasteiger partial charge is 0.303 e. The quantitative estimate of drug-likeness (QED) is 0.731. The second-order valence-electron chi connectivity index (χ2n) is 5.27. The Balaban J connectivity index is 2.08. The SMILES string of the molecule is CC(=O)Cc1nc(-c2ccc(F)cc2)cn1-c1ccc(F)cc1. The number of ketones is 1. The van der Waals surface area contributed by atoms with Gasteiger partial charge in [0.25, 0.3) is 0 Å². The van der Waals surface area contributed by atoms with E-state index in [-0.39, 0.29) is 23.8 Å². The molecular weight excluding hydrogens is 298 g/mol. The first kappa shape index (κ1) is 15.1. The lowest BCUT2D eigenvalue weighted by molar-refractivity contribution is -0.116. The molecule has 0 amide bonds. The van der Waals surface area contributed by atoms with Gasteiger partial charge in [-0.2, -0.15) is 0 Å². The van der Waals surface area contributed by atoms with E-state index < -0.39 is 0 Å². The highest BCUT2D eigenvalue weighted by Gasteiger charge is 2.13. The van der Waals surface area contributed by atoms with E-state index in [1.165, 1.54) is 31.2 Å². The molecule has 3 nitrogen and oxygen atoms in total. The van der Waals surface area contributed by atoms with E-state index >= 15 is 0 Å². The molecule has 0 bridgehead atoms. The molecule has 0 unspecified atom stereocenters. The minimum atomic E-state index is -0.333. The molecule has 3 rings (SSSR count). The Kier molecular flexibility index (Phi) is 4.02. The monoisotopic (exact) mass is 312 g/mol. The van der Waals surface area contributed by atoms with Crippen molar-refractivity contribution in [2.24, 2.45) is 0 Å². The van der Waals surface area contributed by atoms with Crippen molar-refractivity contribution >= 4 is 5.78 Å². The highest BCUT2D eigenvalue weighted by molar-refractivity contribution is 5.78. The number of hydrogen-bond acceptors (Lipinski definition) is 2. The average molecular weight is 312 g/mol. The van der Waals surface area contributed by atoms with Crippen LogP contribution in [0.1, 0.15) is 12.7 Å². The third kappa shape index (κ3) is 3.34. The fraction of sp³-hybridized carbons (Fsp3) is 0.111. The lowest BCUT2D eigenvalue weighted by Gasteiger charge is -2.06. The smallest absolute Gasteiger partial charge is 0.137 e. The van der Waals surface area contributed by atoms with Crippen molar-refractivity contribution in [3.63, 3.8) is 0 Å². The van der Waals surface area contributed by atoms with Crippen LogP contribution >= 0.6 is 0 Å². The Morgan fingerprint density at radius 1 is 1.00 bits per heavy atom. The van der Waals surface area contributed by atoms with E-state index in [1.54, 1.807) is 35.0 Å². The molecule has 2 aromatic carbocycles. The van der Waals surface area contributed by atoms with E-state index in [9.17, 15) is 13.6 Å². The van der Waals surface area contributed by atoms with Gasteiger partial charge in [0.05, 0.1) is 12.1 Å². The Morgan fingerprint density at radius 2 is 1.57 bits per heavy atom. The second-order valence-corrected chi connectivity index (χ2v) is 5.27. The van der Waals surface area contributed by atoms with Crippen molar-refractivity contribution in [3.05, 3.63) is 72.2 Å². The molecule has 1 heterocycles. The molecule has 0 aliphatic rings. The molecule has 0 saturated carbocycles. The number of aromatic nitrogens is 2. The number of nitrogens with zero attached hydrogens (tertiary/aromatic N) is 2. The molecule has 0 N–H and O–H groups in total. The molecule has 1 aromatic heterocycles. The average Bonchev–Trinajstić information content (AvgIpc) is 2.92. The van der Waals surface area contributed by atoms with Crippen molar-refractivity contribution in [2.75, 3.05) is 0 Å². The predicted octanol–water partition coefficient (Wildman–Crippen LogP) is 3.95. The van der Waals surface area contributed by atoms with Gasteiger partial charge in [-0.1, -0.05) is 0 Å². The van der Waals surface area contributed by atoms with Gasteiger partial charge in [-0.25, -0.2) is 13.8 Å². The Hall–Kier alpha value is -2.82. The third-order valence-electron chi connectivity index (χ3n) is 3.43. The van der Waals surface area contributed by atoms with Crippen LogP contribution in [0.4, 0.5) is 8.78 Å². The maximum absolute atomic E-state index is 13.1. The van der Waals surface area contributed by atoms with Crippen LogP contribution in [0.3, 0.4) is 0 Å². The van der Waals surface area contributed by atoms with Gasteiger partial charge >= 0.3 is 0 Å². The number of benzene rings is 2. The van der Waals surface area contributed by atoms with E-state index in [2.05, 4.69) is 4.98 Å². The molecule has 0 saturated heterocycles. The maximum Gasteiger partial charge on any atom is 0.137 e. The van der Waals surface area contributed by atoms with Gasteiger partial charge in [-0.05, 0) is 55.5 Å². The fourth-order valence-electron chi connectivity index (χ4n) is 2.35. The van der Waals surface area contributed by atoms with Crippen LogP contribution in [0.15, 0.2) is 54.7 Å². The highest BCUT2D eigenvalue weighted by Crippen LogP contribution is 2.22. The molecule has 3 aromatic rings. The van der Waals surface area contributed by atoms with Crippen LogP contribution in [0.2, 0.25) is 0 Å². The molecule has 0 spiro atoms. The molecule has 0 atom stereocenters. The number of imidazole rings is 1. The van der Waals surface area contributed by atoms with Gasteiger partial charge in [0, 0.05) is 17.4 Å². The first-order chi connectivity index (χ1) is 11.0. The molecule has 23 heavy (non-hydrogen) atoms. The Bertz CT molecular complexity index is 836. The first-order valence-electron chi connectivity index (χ1n) is 7.12. The maximum atomic E-state index is 13.1.